The van der Waals surface area contributed by atoms with Crippen molar-refractivity contribution in [2.24, 2.45) is 5.73 Å². The van der Waals surface area contributed by atoms with Gasteiger partial charge in [-0.3, -0.25) is 0 Å². The molecule has 0 atom stereocenters. The van der Waals surface area contributed by atoms with Crippen LogP contribution in [0.3, 0.4) is 0 Å². The summed E-state index contributed by atoms with van der Waals surface area (Å²) in [7, 11) is 0. The molecule has 0 amide bonds. The summed E-state index contributed by atoms with van der Waals surface area (Å²) in [6.45, 7) is 5.18. The van der Waals surface area contributed by atoms with E-state index in [1.54, 1.807) is 17.8 Å². The lowest BCUT2D eigenvalue weighted by Crippen LogP contribution is -2.27. The van der Waals surface area contributed by atoms with Crippen molar-refractivity contribution in [3.8, 4) is 0 Å². The van der Waals surface area contributed by atoms with E-state index in [-0.39, 0.29) is 4.75 Å². The summed E-state index contributed by atoms with van der Waals surface area (Å²) in [6, 6.07) is 5.49. The summed E-state index contributed by atoms with van der Waals surface area (Å²) in [5.41, 5.74) is 7.41. The van der Waals surface area contributed by atoms with Gasteiger partial charge in [-0.15, -0.1) is 0 Å². The first-order valence-corrected chi connectivity index (χ1v) is 7.25. The molecule has 1 rings (SSSR count). The molecule has 0 saturated heterocycles. The van der Waals surface area contributed by atoms with Gasteiger partial charge >= 0.3 is 0 Å². The fraction of sp³-hybridized carbons (Fsp3) is 0.417. The van der Waals surface area contributed by atoms with Crippen LogP contribution in [0.25, 0.3) is 0 Å². The molecule has 0 spiro atoms. The Morgan fingerprint density at radius 2 is 2.18 bits per heavy atom. The van der Waals surface area contributed by atoms with Gasteiger partial charge in [0.1, 0.15) is 4.99 Å². The van der Waals surface area contributed by atoms with Crippen molar-refractivity contribution in [1.82, 2.24) is 0 Å². The predicted octanol–water partition coefficient (Wildman–Crippen LogP) is 3.53. The number of anilines is 1. The Balaban J connectivity index is 2.89. The van der Waals surface area contributed by atoms with Gasteiger partial charge in [0, 0.05) is 27.6 Å². The standard InChI is InChI=1S/C12H17ClN2S2/c1-12(2,17-3)7-15-10-6-8(13)4-5-9(10)11(14)16/h4-6,15H,7H2,1-3H3,(H2,14,16). The zero-order valence-corrected chi connectivity index (χ0v) is 12.6. The molecule has 1 aromatic carbocycles. The van der Waals surface area contributed by atoms with Crippen molar-refractivity contribution in [1.29, 1.82) is 0 Å². The number of nitrogens with two attached hydrogens (primary N) is 1. The fourth-order valence-electron chi connectivity index (χ4n) is 1.26. The van der Waals surface area contributed by atoms with Crippen molar-refractivity contribution in [2.75, 3.05) is 18.1 Å². The van der Waals surface area contributed by atoms with Gasteiger partial charge in [-0.1, -0.05) is 23.8 Å². The molecule has 17 heavy (non-hydrogen) atoms. The van der Waals surface area contributed by atoms with Gasteiger partial charge in [0.2, 0.25) is 0 Å². The van der Waals surface area contributed by atoms with Crippen LogP contribution in [0.1, 0.15) is 19.4 Å². The predicted molar refractivity (Wildman–Crippen MR) is 83.4 cm³/mol. The number of hydrogen-bond acceptors (Lipinski definition) is 3. The van der Waals surface area contributed by atoms with Crippen LogP contribution >= 0.6 is 35.6 Å². The lowest BCUT2D eigenvalue weighted by atomic mass is 10.1. The van der Waals surface area contributed by atoms with Gasteiger partial charge in [-0.25, -0.2) is 0 Å². The molecule has 0 aliphatic rings. The summed E-state index contributed by atoms with van der Waals surface area (Å²) >= 11 is 12.8. The van der Waals surface area contributed by atoms with E-state index in [0.717, 1.165) is 17.8 Å². The van der Waals surface area contributed by atoms with E-state index in [1.807, 2.05) is 12.1 Å². The SMILES string of the molecule is CSC(C)(C)CNc1cc(Cl)ccc1C(N)=S. The average Bonchev–Trinajstić information content (AvgIpc) is 2.26. The summed E-state index contributed by atoms with van der Waals surface area (Å²) in [6.07, 6.45) is 2.09. The van der Waals surface area contributed by atoms with Crippen LogP contribution < -0.4 is 11.1 Å². The number of rotatable bonds is 5. The van der Waals surface area contributed by atoms with Crippen LogP contribution in [-0.2, 0) is 0 Å². The minimum Gasteiger partial charge on any atom is -0.389 e. The van der Waals surface area contributed by atoms with Gasteiger partial charge in [0.05, 0.1) is 0 Å². The lowest BCUT2D eigenvalue weighted by molar-refractivity contribution is 0.752. The number of thiocarbonyl (C=S) groups is 1. The lowest BCUT2D eigenvalue weighted by Gasteiger charge is -2.24. The van der Waals surface area contributed by atoms with Crippen LogP contribution in [0.2, 0.25) is 5.02 Å². The molecular formula is C12H17ClN2S2. The van der Waals surface area contributed by atoms with Crippen molar-refractivity contribution < 1.29 is 0 Å². The number of nitrogens with one attached hydrogen (secondary N) is 1. The van der Waals surface area contributed by atoms with E-state index < -0.39 is 0 Å². The Morgan fingerprint density at radius 1 is 1.53 bits per heavy atom. The van der Waals surface area contributed by atoms with Crippen LogP contribution in [0, 0.1) is 0 Å². The summed E-state index contributed by atoms with van der Waals surface area (Å²) in [5, 5.41) is 4.03. The van der Waals surface area contributed by atoms with E-state index in [2.05, 4.69) is 25.4 Å². The minimum atomic E-state index is 0.149. The molecule has 1 aromatic rings. The Kier molecular flexibility index (Phi) is 5.10. The molecule has 2 nitrogen and oxygen atoms in total. The second-order valence-corrected chi connectivity index (χ2v) is 6.76. The highest BCUT2D eigenvalue weighted by atomic mass is 35.5. The molecule has 94 valence electrons. The fourth-order valence-corrected chi connectivity index (χ4v) is 1.82. The van der Waals surface area contributed by atoms with Crippen LogP contribution in [0.15, 0.2) is 18.2 Å². The zero-order chi connectivity index (χ0) is 13.1. The molecule has 0 fully saturated rings. The molecule has 0 aromatic heterocycles. The van der Waals surface area contributed by atoms with Gasteiger partial charge in [0.25, 0.3) is 0 Å². The van der Waals surface area contributed by atoms with Crippen LogP contribution in [0.4, 0.5) is 5.69 Å². The quantitative estimate of drug-likeness (QED) is 0.813. The second kappa shape index (κ2) is 5.94. The maximum absolute atomic E-state index is 5.98. The highest BCUT2D eigenvalue weighted by Gasteiger charge is 2.16. The Labute approximate surface area is 117 Å². The monoisotopic (exact) mass is 288 g/mol. The first-order valence-electron chi connectivity index (χ1n) is 5.24. The smallest absolute Gasteiger partial charge is 0.106 e. The minimum absolute atomic E-state index is 0.149. The molecule has 5 heteroatoms. The maximum atomic E-state index is 5.98. The van der Waals surface area contributed by atoms with Crippen LogP contribution in [0.5, 0.6) is 0 Å². The third-order valence-electron chi connectivity index (χ3n) is 2.50. The van der Waals surface area contributed by atoms with Crippen molar-refractivity contribution in [3.63, 3.8) is 0 Å². The molecule has 0 unspecified atom stereocenters. The molecule has 0 bridgehead atoms. The van der Waals surface area contributed by atoms with E-state index in [9.17, 15) is 0 Å². The molecule has 3 N–H and O–H groups in total. The highest BCUT2D eigenvalue weighted by Crippen LogP contribution is 2.25. The molecule has 0 aliphatic heterocycles. The number of benzene rings is 1. The molecule has 0 aliphatic carbocycles. The Hall–Kier alpha value is -0.450. The number of halogens is 1. The Morgan fingerprint density at radius 3 is 2.71 bits per heavy atom. The van der Waals surface area contributed by atoms with Crippen molar-refractivity contribution in [2.45, 2.75) is 18.6 Å². The molecular weight excluding hydrogens is 272 g/mol. The molecule has 0 saturated carbocycles. The third kappa shape index (κ3) is 4.37. The molecule has 0 heterocycles. The zero-order valence-electron chi connectivity index (χ0n) is 10.2. The van der Waals surface area contributed by atoms with Crippen molar-refractivity contribution >= 4 is 46.3 Å². The van der Waals surface area contributed by atoms with E-state index >= 15 is 0 Å². The van der Waals surface area contributed by atoms with Gasteiger partial charge in [-0.05, 0) is 38.3 Å². The van der Waals surface area contributed by atoms with E-state index in [1.165, 1.54) is 0 Å². The Bertz CT molecular complexity index is 419. The average molecular weight is 289 g/mol. The highest BCUT2D eigenvalue weighted by molar-refractivity contribution is 7.99. The number of thioether (sulfide) groups is 1. The third-order valence-corrected chi connectivity index (χ3v) is 4.21. The summed E-state index contributed by atoms with van der Waals surface area (Å²) in [5.74, 6) is 0. The maximum Gasteiger partial charge on any atom is 0.106 e. The van der Waals surface area contributed by atoms with Gasteiger partial charge in [0.15, 0.2) is 0 Å². The number of hydrogen-bond donors (Lipinski definition) is 2. The van der Waals surface area contributed by atoms with E-state index in [0.29, 0.717) is 10.0 Å². The normalized spacial score (nSPS) is 11.3. The first kappa shape index (κ1) is 14.6. The van der Waals surface area contributed by atoms with Gasteiger partial charge in [-0.2, -0.15) is 11.8 Å². The summed E-state index contributed by atoms with van der Waals surface area (Å²) < 4.78 is 0.149. The topological polar surface area (TPSA) is 38.0 Å². The first-order chi connectivity index (χ1) is 7.85. The van der Waals surface area contributed by atoms with E-state index in [4.69, 9.17) is 29.6 Å². The van der Waals surface area contributed by atoms with Crippen molar-refractivity contribution in [3.05, 3.63) is 28.8 Å². The summed E-state index contributed by atoms with van der Waals surface area (Å²) in [4.78, 5) is 0.381. The van der Waals surface area contributed by atoms with Gasteiger partial charge < -0.3 is 11.1 Å². The largest absolute Gasteiger partial charge is 0.389 e. The van der Waals surface area contributed by atoms with Crippen LogP contribution in [-0.4, -0.2) is 22.5 Å². The molecule has 0 radical (unpaired) electrons. The second-order valence-electron chi connectivity index (χ2n) is 4.37.